The Kier molecular flexibility index (Phi) is 6.52. The number of fused-ring (bicyclic) bond motifs is 1. The SMILES string of the molecule is CCOc1cc(N(CC)CC)ccc1[C@@H]1[C@H](c2ccccn2)N=C2SC[C@H](CC)N21. The van der Waals surface area contributed by atoms with Gasteiger partial charge < -0.3 is 14.5 Å². The van der Waals surface area contributed by atoms with Crippen molar-refractivity contribution in [1.82, 2.24) is 9.88 Å². The standard InChI is InChI=1S/C24H32N4OS/c1-5-17-16-30-24-26-22(20-11-9-10-14-25-20)23(28(17)24)19-13-12-18(27(6-2)7-3)15-21(19)29-8-4/h9-15,17,22-23H,5-8,16H2,1-4H3/t17-,22-,23+/m0/s1. The molecule has 0 unspecified atom stereocenters. The van der Waals surface area contributed by atoms with Crippen LogP contribution < -0.4 is 9.64 Å². The van der Waals surface area contributed by atoms with Crippen LogP contribution in [0.25, 0.3) is 0 Å². The predicted octanol–water partition coefficient (Wildman–Crippen LogP) is 5.31. The molecule has 2 aliphatic rings. The van der Waals surface area contributed by atoms with Crippen molar-refractivity contribution in [2.24, 2.45) is 4.99 Å². The van der Waals surface area contributed by atoms with Crippen LogP contribution in [0.5, 0.6) is 5.75 Å². The number of rotatable bonds is 8. The highest BCUT2D eigenvalue weighted by Crippen LogP contribution is 2.50. The minimum absolute atomic E-state index is 0.0124. The molecule has 0 bridgehead atoms. The second-order valence-corrected chi connectivity index (χ2v) is 8.65. The molecule has 0 radical (unpaired) electrons. The zero-order valence-electron chi connectivity index (χ0n) is 18.4. The molecule has 5 nitrogen and oxygen atoms in total. The molecule has 4 rings (SSSR count). The van der Waals surface area contributed by atoms with Gasteiger partial charge in [-0.25, -0.2) is 0 Å². The van der Waals surface area contributed by atoms with Crippen molar-refractivity contribution in [3.05, 3.63) is 53.9 Å². The van der Waals surface area contributed by atoms with E-state index in [-0.39, 0.29) is 12.1 Å². The molecule has 30 heavy (non-hydrogen) atoms. The van der Waals surface area contributed by atoms with E-state index < -0.39 is 0 Å². The number of hydrogen-bond donors (Lipinski definition) is 0. The number of ether oxygens (including phenoxy) is 1. The average Bonchev–Trinajstić information content (AvgIpc) is 3.35. The van der Waals surface area contributed by atoms with Crippen molar-refractivity contribution in [2.45, 2.75) is 52.2 Å². The third-order valence-corrected chi connectivity index (χ3v) is 7.20. The van der Waals surface area contributed by atoms with Crippen LogP contribution in [0.2, 0.25) is 0 Å². The van der Waals surface area contributed by atoms with E-state index >= 15 is 0 Å². The van der Waals surface area contributed by atoms with Crippen molar-refractivity contribution < 1.29 is 4.74 Å². The fourth-order valence-corrected chi connectivity index (χ4v) is 5.86. The Morgan fingerprint density at radius 2 is 1.97 bits per heavy atom. The molecule has 6 heteroatoms. The minimum Gasteiger partial charge on any atom is -0.493 e. The van der Waals surface area contributed by atoms with Crippen molar-refractivity contribution in [3.8, 4) is 5.75 Å². The van der Waals surface area contributed by atoms with Gasteiger partial charge in [0.15, 0.2) is 5.17 Å². The smallest absolute Gasteiger partial charge is 0.160 e. The number of thioether (sulfide) groups is 1. The Morgan fingerprint density at radius 3 is 2.63 bits per heavy atom. The summed E-state index contributed by atoms with van der Waals surface area (Å²) in [6.45, 7) is 11.3. The van der Waals surface area contributed by atoms with Gasteiger partial charge in [0, 0.05) is 48.4 Å². The van der Waals surface area contributed by atoms with Gasteiger partial charge in [-0.1, -0.05) is 30.8 Å². The Balaban J connectivity index is 1.80. The fraction of sp³-hybridized carbons (Fsp3) is 0.500. The summed E-state index contributed by atoms with van der Waals surface area (Å²) in [6, 6.07) is 13.4. The van der Waals surface area contributed by atoms with Crippen LogP contribution in [0, 0.1) is 0 Å². The molecule has 3 atom stereocenters. The van der Waals surface area contributed by atoms with Crippen LogP contribution in [0.3, 0.4) is 0 Å². The van der Waals surface area contributed by atoms with E-state index in [1.54, 1.807) is 0 Å². The Bertz CT molecular complexity index is 884. The zero-order valence-corrected chi connectivity index (χ0v) is 19.2. The molecule has 0 N–H and O–H groups in total. The first-order chi connectivity index (χ1) is 14.7. The summed E-state index contributed by atoms with van der Waals surface area (Å²) in [5.74, 6) is 2.07. The third kappa shape index (κ3) is 3.78. The largest absolute Gasteiger partial charge is 0.493 e. The highest BCUT2D eigenvalue weighted by molar-refractivity contribution is 8.14. The lowest BCUT2D eigenvalue weighted by Crippen LogP contribution is -2.35. The van der Waals surface area contributed by atoms with E-state index in [0.29, 0.717) is 12.6 Å². The van der Waals surface area contributed by atoms with Gasteiger partial charge in [0.05, 0.1) is 18.3 Å². The quantitative estimate of drug-likeness (QED) is 0.575. The molecule has 0 saturated carbocycles. The molecule has 0 spiro atoms. The highest BCUT2D eigenvalue weighted by Gasteiger charge is 2.46. The first-order valence-electron chi connectivity index (χ1n) is 11.1. The third-order valence-electron chi connectivity index (χ3n) is 6.07. The average molecular weight is 425 g/mol. The lowest BCUT2D eigenvalue weighted by Gasteiger charge is -2.33. The summed E-state index contributed by atoms with van der Waals surface area (Å²) in [4.78, 5) is 14.7. The molecule has 1 aromatic heterocycles. The Morgan fingerprint density at radius 1 is 1.13 bits per heavy atom. The summed E-state index contributed by atoms with van der Waals surface area (Å²) in [5, 5.41) is 1.15. The number of aliphatic imine (C=N–C) groups is 1. The van der Waals surface area contributed by atoms with Crippen molar-refractivity contribution in [3.63, 3.8) is 0 Å². The van der Waals surface area contributed by atoms with E-state index in [4.69, 9.17) is 9.73 Å². The van der Waals surface area contributed by atoms with E-state index in [0.717, 1.165) is 41.9 Å². The molecular weight excluding hydrogens is 392 g/mol. The summed E-state index contributed by atoms with van der Waals surface area (Å²) in [7, 11) is 0. The first kappa shape index (κ1) is 21.0. The van der Waals surface area contributed by atoms with Crippen molar-refractivity contribution in [2.75, 3.05) is 30.3 Å². The van der Waals surface area contributed by atoms with Gasteiger partial charge in [0.25, 0.3) is 0 Å². The van der Waals surface area contributed by atoms with Gasteiger partial charge >= 0.3 is 0 Å². The lowest BCUT2D eigenvalue weighted by molar-refractivity contribution is 0.245. The van der Waals surface area contributed by atoms with Gasteiger partial charge in [-0.05, 0) is 45.4 Å². The van der Waals surface area contributed by atoms with Crippen LogP contribution in [0.4, 0.5) is 5.69 Å². The van der Waals surface area contributed by atoms with Crippen LogP contribution >= 0.6 is 11.8 Å². The molecule has 2 aliphatic heterocycles. The molecule has 2 aromatic rings. The predicted molar refractivity (Wildman–Crippen MR) is 127 cm³/mol. The molecule has 3 heterocycles. The van der Waals surface area contributed by atoms with Crippen LogP contribution in [-0.4, -0.2) is 46.5 Å². The highest BCUT2D eigenvalue weighted by atomic mass is 32.2. The topological polar surface area (TPSA) is 41.0 Å². The monoisotopic (exact) mass is 424 g/mol. The fourth-order valence-electron chi connectivity index (χ4n) is 4.52. The van der Waals surface area contributed by atoms with Gasteiger partial charge in [0.1, 0.15) is 11.8 Å². The maximum atomic E-state index is 6.20. The maximum absolute atomic E-state index is 6.20. The molecule has 1 saturated heterocycles. The molecule has 1 aromatic carbocycles. The van der Waals surface area contributed by atoms with E-state index in [1.807, 2.05) is 24.0 Å². The summed E-state index contributed by atoms with van der Waals surface area (Å²) in [5.41, 5.74) is 3.45. The second kappa shape index (κ2) is 9.29. The normalized spacial score (nSPS) is 22.7. The van der Waals surface area contributed by atoms with Gasteiger partial charge in [-0.15, -0.1) is 0 Å². The maximum Gasteiger partial charge on any atom is 0.160 e. The second-order valence-electron chi connectivity index (χ2n) is 7.66. The summed E-state index contributed by atoms with van der Waals surface area (Å²) < 4.78 is 6.20. The minimum atomic E-state index is -0.0124. The number of aromatic nitrogens is 1. The number of pyridine rings is 1. The first-order valence-corrected chi connectivity index (χ1v) is 12.1. The summed E-state index contributed by atoms with van der Waals surface area (Å²) >= 11 is 1.88. The zero-order chi connectivity index (χ0) is 21.1. The summed E-state index contributed by atoms with van der Waals surface area (Å²) in [6.07, 6.45) is 2.98. The Hall–Kier alpha value is -2.21. The van der Waals surface area contributed by atoms with Crippen LogP contribution in [-0.2, 0) is 0 Å². The lowest BCUT2D eigenvalue weighted by atomic mass is 9.94. The van der Waals surface area contributed by atoms with Gasteiger partial charge in [-0.3, -0.25) is 9.98 Å². The number of hydrogen-bond acceptors (Lipinski definition) is 6. The Labute approximate surface area is 184 Å². The van der Waals surface area contributed by atoms with Crippen LogP contribution in [0.1, 0.15) is 57.5 Å². The van der Waals surface area contributed by atoms with E-state index in [9.17, 15) is 0 Å². The van der Waals surface area contributed by atoms with Crippen LogP contribution in [0.15, 0.2) is 47.6 Å². The van der Waals surface area contributed by atoms with E-state index in [2.05, 4.69) is 72.8 Å². The number of anilines is 1. The number of benzene rings is 1. The van der Waals surface area contributed by atoms with E-state index in [1.165, 1.54) is 11.3 Å². The molecule has 0 amide bonds. The van der Waals surface area contributed by atoms with Gasteiger partial charge in [0.2, 0.25) is 0 Å². The molecule has 1 fully saturated rings. The number of nitrogens with zero attached hydrogens (tertiary/aromatic N) is 4. The number of amidine groups is 1. The molecule has 160 valence electrons. The van der Waals surface area contributed by atoms with Crippen molar-refractivity contribution >= 4 is 22.6 Å². The van der Waals surface area contributed by atoms with Gasteiger partial charge in [-0.2, -0.15) is 0 Å². The molecule has 0 aliphatic carbocycles. The van der Waals surface area contributed by atoms with Crippen molar-refractivity contribution in [1.29, 1.82) is 0 Å². The molecular formula is C24H32N4OS.